The molecule has 0 saturated heterocycles. The molecule has 4 N–H and O–H groups in total. The summed E-state index contributed by atoms with van der Waals surface area (Å²) in [7, 11) is 0. The first-order chi connectivity index (χ1) is 10.2. The minimum Gasteiger partial charge on any atom is -0.479 e. The zero-order chi connectivity index (χ0) is 18.5. The van der Waals surface area contributed by atoms with Crippen LogP contribution >= 0.6 is 0 Å². The SMILES string of the molecule is CC(C)(C)OC(=O)[C@](N)(CCCCNC(=O)C(F)(F)F)C(=O)O. The molecule has 7 nitrogen and oxygen atoms in total. The Labute approximate surface area is 131 Å². The average Bonchev–Trinajstić information content (AvgIpc) is 2.34. The van der Waals surface area contributed by atoms with Crippen molar-refractivity contribution in [1.29, 1.82) is 0 Å². The molecular formula is C13H21F3N2O5. The van der Waals surface area contributed by atoms with Gasteiger partial charge in [0, 0.05) is 6.54 Å². The number of carboxylic acid groups (broad SMARTS) is 1. The molecule has 10 heteroatoms. The Morgan fingerprint density at radius 2 is 1.65 bits per heavy atom. The van der Waals surface area contributed by atoms with Crippen molar-refractivity contribution < 1.29 is 37.4 Å². The summed E-state index contributed by atoms with van der Waals surface area (Å²) in [5.41, 5.74) is 2.34. The predicted molar refractivity (Wildman–Crippen MR) is 73.3 cm³/mol. The third kappa shape index (κ3) is 7.31. The van der Waals surface area contributed by atoms with Crippen LogP contribution in [0.25, 0.3) is 0 Å². The van der Waals surface area contributed by atoms with Gasteiger partial charge in [0.1, 0.15) is 5.60 Å². The highest BCUT2D eigenvalue weighted by atomic mass is 19.4. The molecule has 134 valence electrons. The molecule has 0 aromatic carbocycles. The monoisotopic (exact) mass is 342 g/mol. The largest absolute Gasteiger partial charge is 0.479 e. The van der Waals surface area contributed by atoms with Crippen molar-refractivity contribution in [2.45, 2.75) is 57.3 Å². The second-order valence-corrected chi connectivity index (χ2v) is 5.99. The van der Waals surface area contributed by atoms with Gasteiger partial charge in [-0.2, -0.15) is 13.2 Å². The molecule has 0 unspecified atom stereocenters. The maximum absolute atomic E-state index is 11.9. The van der Waals surface area contributed by atoms with Crippen LogP contribution in [-0.4, -0.2) is 46.8 Å². The third-order valence-corrected chi connectivity index (χ3v) is 2.69. The minimum absolute atomic E-state index is 0.0141. The maximum Gasteiger partial charge on any atom is 0.471 e. The van der Waals surface area contributed by atoms with Crippen molar-refractivity contribution in [3.63, 3.8) is 0 Å². The van der Waals surface area contributed by atoms with Crippen molar-refractivity contribution in [2.75, 3.05) is 6.54 Å². The number of halogens is 3. The van der Waals surface area contributed by atoms with E-state index < -0.39 is 35.2 Å². The number of hydrogen-bond donors (Lipinski definition) is 3. The molecule has 1 atom stereocenters. The molecule has 0 heterocycles. The Hall–Kier alpha value is -1.84. The lowest BCUT2D eigenvalue weighted by molar-refractivity contribution is -0.173. The number of carbonyl (C=O) groups excluding carboxylic acids is 2. The Balaban J connectivity index is 4.49. The molecule has 0 radical (unpaired) electrons. The van der Waals surface area contributed by atoms with Crippen LogP contribution in [0.1, 0.15) is 40.0 Å². The van der Waals surface area contributed by atoms with Crippen LogP contribution in [0.2, 0.25) is 0 Å². The second kappa shape index (κ2) is 7.62. The zero-order valence-corrected chi connectivity index (χ0v) is 13.1. The van der Waals surface area contributed by atoms with Gasteiger partial charge >= 0.3 is 24.0 Å². The maximum atomic E-state index is 11.9. The number of alkyl halides is 3. The Bertz CT molecular complexity index is 460. The highest BCUT2D eigenvalue weighted by molar-refractivity contribution is 6.03. The van der Waals surface area contributed by atoms with E-state index in [0.717, 1.165) is 0 Å². The molecule has 0 aliphatic heterocycles. The van der Waals surface area contributed by atoms with E-state index in [2.05, 4.69) is 0 Å². The molecule has 23 heavy (non-hydrogen) atoms. The van der Waals surface area contributed by atoms with E-state index in [1.807, 2.05) is 0 Å². The fraction of sp³-hybridized carbons (Fsp3) is 0.769. The van der Waals surface area contributed by atoms with Gasteiger partial charge in [-0.25, -0.2) is 9.59 Å². The van der Waals surface area contributed by atoms with Gasteiger partial charge in [-0.05, 0) is 40.0 Å². The third-order valence-electron chi connectivity index (χ3n) is 2.69. The zero-order valence-electron chi connectivity index (χ0n) is 13.1. The smallest absolute Gasteiger partial charge is 0.471 e. The van der Waals surface area contributed by atoms with Gasteiger partial charge in [0.2, 0.25) is 5.54 Å². The van der Waals surface area contributed by atoms with Crippen LogP contribution in [-0.2, 0) is 19.1 Å². The van der Waals surface area contributed by atoms with Crippen LogP contribution in [0.3, 0.4) is 0 Å². The number of esters is 1. The van der Waals surface area contributed by atoms with Gasteiger partial charge < -0.3 is 20.9 Å². The first-order valence-electron chi connectivity index (χ1n) is 6.81. The fourth-order valence-electron chi connectivity index (χ4n) is 1.50. The summed E-state index contributed by atoms with van der Waals surface area (Å²) in [4.78, 5) is 33.7. The quantitative estimate of drug-likeness (QED) is 0.360. The lowest BCUT2D eigenvalue weighted by atomic mass is 9.93. The molecule has 0 spiro atoms. The number of carboxylic acids is 1. The van der Waals surface area contributed by atoms with Gasteiger partial charge in [0.05, 0.1) is 0 Å². The highest BCUT2D eigenvalue weighted by Gasteiger charge is 2.45. The van der Waals surface area contributed by atoms with Crippen LogP contribution in [0.4, 0.5) is 13.2 Å². The van der Waals surface area contributed by atoms with Crippen LogP contribution < -0.4 is 11.1 Å². The Kier molecular flexibility index (Phi) is 7.01. The van der Waals surface area contributed by atoms with Crippen molar-refractivity contribution in [3.05, 3.63) is 0 Å². The van der Waals surface area contributed by atoms with Gasteiger partial charge in [-0.3, -0.25) is 4.79 Å². The number of nitrogens with one attached hydrogen (secondary N) is 1. The summed E-state index contributed by atoms with van der Waals surface area (Å²) in [5.74, 6) is -4.80. The van der Waals surface area contributed by atoms with Crippen LogP contribution in [0.5, 0.6) is 0 Å². The molecule has 0 saturated carbocycles. The van der Waals surface area contributed by atoms with Gasteiger partial charge in [-0.15, -0.1) is 0 Å². The number of hydrogen-bond acceptors (Lipinski definition) is 5. The van der Waals surface area contributed by atoms with Crippen molar-refractivity contribution in [1.82, 2.24) is 5.32 Å². The van der Waals surface area contributed by atoms with E-state index >= 15 is 0 Å². The number of nitrogens with two attached hydrogens (primary N) is 1. The van der Waals surface area contributed by atoms with Crippen molar-refractivity contribution in [3.8, 4) is 0 Å². The number of aliphatic carboxylic acids is 1. The molecule has 0 aliphatic rings. The lowest BCUT2D eigenvalue weighted by Crippen LogP contribution is -2.57. The van der Waals surface area contributed by atoms with E-state index in [1.54, 1.807) is 26.1 Å². The summed E-state index contributed by atoms with van der Waals surface area (Å²) in [6.45, 7) is 4.31. The minimum atomic E-state index is -4.98. The molecule has 0 rings (SSSR count). The van der Waals surface area contributed by atoms with E-state index in [4.69, 9.17) is 15.6 Å². The van der Waals surface area contributed by atoms with Crippen LogP contribution in [0.15, 0.2) is 0 Å². The van der Waals surface area contributed by atoms with Gasteiger partial charge in [-0.1, -0.05) is 0 Å². The fourth-order valence-corrected chi connectivity index (χ4v) is 1.50. The van der Waals surface area contributed by atoms with E-state index in [1.165, 1.54) is 0 Å². The van der Waals surface area contributed by atoms with Crippen molar-refractivity contribution in [2.24, 2.45) is 5.73 Å². The molecule has 0 aromatic heterocycles. The summed E-state index contributed by atoms with van der Waals surface area (Å²) < 4.78 is 40.8. The summed E-state index contributed by atoms with van der Waals surface area (Å²) in [5, 5.41) is 10.7. The summed E-state index contributed by atoms with van der Waals surface area (Å²) >= 11 is 0. The lowest BCUT2D eigenvalue weighted by Gasteiger charge is -2.28. The normalized spacial score (nSPS) is 14.7. The van der Waals surface area contributed by atoms with Gasteiger partial charge in [0.15, 0.2) is 0 Å². The number of rotatable bonds is 7. The molecule has 0 aliphatic carbocycles. The van der Waals surface area contributed by atoms with E-state index in [-0.39, 0.29) is 25.8 Å². The first-order valence-corrected chi connectivity index (χ1v) is 6.81. The summed E-state index contributed by atoms with van der Waals surface area (Å²) in [6.07, 6.45) is -5.27. The topological polar surface area (TPSA) is 119 Å². The number of unbranched alkanes of at least 4 members (excludes halogenated alkanes) is 1. The average molecular weight is 342 g/mol. The van der Waals surface area contributed by atoms with E-state index in [9.17, 15) is 27.6 Å². The summed E-state index contributed by atoms with van der Waals surface area (Å²) in [6, 6.07) is 0. The Morgan fingerprint density at radius 1 is 1.13 bits per heavy atom. The molecule has 0 bridgehead atoms. The number of ether oxygens (including phenoxy) is 1. The first kappa shape index (κ1) is 21.2. The Morgan fingerprint density at radius 3 is 2.04 bits per heavy atom. The molecule has 1 amide bonds. The molecule has 0 fully saturated rings. The predicted octanol–water partition coefficient (Wildman–Crippen LogP) is 0.959. The second-order valence-electron chi connectivity index (χ2n) is 5.99. The van der Waals surface area contributed by atoms with Gasteiger partial charge in [0.25, 0.3) is 0 Å². The van der Waals surface area contributed by atoms with Crippen molar-refractivity contribution >= 4 is 17.8 Å². The molecule has 0 aromatic rings. The molecular weight excluding hydrogens is 321 g/mol. The number of amides is 1. The van der Waals surface area contributed by atoms with Crippen LogP contribution in [0, 0.1) is 0 Å². The highest BCUT2D eigenvalue weighted by Crippen LogP contribution is 2.19. The van der Waals surface area contributed by atoms with E-state index in [0.29, 0.717) is 0 Å². The standard InChI is InChI=1S/C13H21F3N2O5/c1-11(2,3)23-10(22)12(17,9(20)21)6-4-5-7-18-8(19)13(14,15)16/h4-7,17H2,1-3H3,(H,18,19)(H,20,21)/t12-/m0/s1. The number of carbonyl (C=O) groups is 3.